The Bertz CT molecular complexity index is 699. The molecule has 0 spiro atoms. The molecule has 0 bridgehead atoms. The van der Waals surface area contributed by atoms with Gasteiger partial charge in [-0.1, -0.05) is 17.7 Å². The van der Waals surface area contributed by atoms with Crippen LogP contribution in [0.4, 0.5) is 0 Å². The molecule has 1 rings (SSSR count). The molecule has 0 amide bonds. The summed E-state index contributed by atoms with van der Waals surface area (Å²) in [7, 11) is -2.94. The molecule has 1 aromatic rings. The lowest BCUT2D eigenvalue weighted by Gasteiger charge is -2.30. The quantitative estimate of drug-likeness (QED) is 0.664. The highest BCUT2D eigenvalue weighted by atomic mass is 32.2. The molecule has 24 heavy (non-hydrogen) atoms. The number of carbonyl (C=O) groups is 2. The SMILES string of the molecule is COC(=O)[C@@](O)(CNS(=O)(=O)c1ccc(C)cc1)[C@H](C)OC(C)=O. The van der Waals surface area contributed by atoms with Gasteiger partial charge in [0.1, 0.15) is 6.10 Å². The molecule has 1 aromatic carbocycles. The summed E-state index contributed by atoms with van der Waals surface area (Å²) in [5.74, 6) is -1.85. The van der Waals surface area contributed by atoms with Crippen LogP contribution in [0.15, 0.2) is 29.2 Å². The maximum atomic E-state index is 12.3. The van der Waals surface area contributed by atoms with Crippen molar-refractivity contribution in [1.29, 1.82) is 0 Å². The molecular weight excluding hydrogens is 338 g/mol. The number of nitrogens with one attached hydrogen (secondary N) is 1. The van der Waals surface area contributed by atoms with Gasteiger partial charge in [0, 0.05) is 6.92 Å². The first-order valence-electron chi connectivity index (χ1n) is 7.07. The predicted octanol–water partition coefficient (Wildman–Crippen LogP) is 0.129. The van der Waals surface area contributed by atoms with Crippen molar-refractivity contribution in [3.8, 4) is 0 Å². The first-order chi connectivity index (χ1) is 11.0. The summed E-state index contributed by atoms with van der Waals surface area (Å²) in [6.07, 6.45) is -1.32. The minimum atomic E-state index is -3.97. The molecule has 0 saturated carbocycles. The van der Waals surface area contributed by atoms with E-state index in [1.54, 1.807) is 19.1 Å². The van der Waals surface area contributed by atoms with Crippen molar-refractivity contribution >= 4 is 22.0 Å². The molecule has 8 nitrogen and oxygen atoms in total. The van der Waals surface area contributed by atoms with Gasteiger partial charge in [0.05, 0.1) is 18.6 Å². The Hall–Kier alpha value is -1.97. The fraction of sp³-hybridized carbons (Fsp3) is 0.467. The Morgan fingerprint density at radius 2 is 1.83 bits per heavy atom. The smallest absolute Gasteiger partial charge is 0.343 e. The second-order valence-corrected chi connectivity index (χ2v) is 7.07. The van der Waals surface area contributed by atoms with E-state index < -0.39 is 40.2 Å². The van der Waals surface area contributed by atoms with E-state index in [2.05, 4.69) is 9.46 Å². The van der Waals surface area contributed by atoms with Crippen LogP contribution < -0.4 is 4.72 Å². The Balaban J connectivity index is 3.01. The number of aryl methyl sites for hydroxylation is 1. The third-order valence-electron chi connectivity index (χ3n) is 3.42. The number of methoxy groups -OCH3 is 1. The number of carbonyl (C=O) groups excluding carboxylic acids is 2. The lowest BCUT2D eigenvalue weighted by Crippen LogP contribution is -2.57. The van der Waals surface area contributed by atoms with Crippen LogP contribution in [-0.2, 0) is 29.1 Å². The van der Waals surface area contributed by atoms with Crippen LogP contribution >= 0.6 is 0 Å². The van der Waals surface area contributed by atoms with Gasteiger partial charge in [-0.15, -0.1) is 0 Å². The fourth-order valence-corrected chi connectivity index (χ4v) is 2.98. The van der Waals surface area contributed by atoms with Crippen molar-refractivity contribution in [1.82, 2.24) is 4.72 Å². The van der Waals surface area contributed by atoms with Crippen molar-refractivity contribution in [2.24, 2.45) is 0 Å². The summed E-state index contributed by atoms with van der Waals surface area (Å²) in [5, 5.41) is 10.5. The minimum absolute atomic E-state index is 0.0274. The van der Waals surface area contributed by atoms with Crippen LogP contribution in [0.1, 0.15) is 19.4 Å². The highest BCUT2D eigenvalue weighted by Gasteiger charge is 2.46. The summed E-state index contributed by atoms with van der Waals surface area (Å²) in [6.45, 7) is 3.45. The van der Waals surface area contributed by atoms with Gasteiger partial charge in [-0.3, -0.25) is 4.79 Å². The summed E-state index contributed by atoms with van der Waals surface area (Å²) in [5.41, 5.74) is -1.48. The number of ether oxygens (including phenoxy) is 2. The van der Waals surface area contributed by atoms with Crippen molar-refractivity contribution in [2.75, 3.05) is 13.7 Å². The van der Waals surface area contributed by atoms with Gasteiger partial charge in [0.25, 0.3) is 0 Å². The Morgan fingerprint density at radius 3 is 2.29 bits per heavy atom. The lowest BCUT2D eigenvalue weighted by molar-refractivity contribution is -0.181. The van der Waals surface area contributed by atoms with Gasteiger partial charge in [-0.2, -0.15) is 0 Å². The molecule has 0 saturated heterocycles. The van der Waals surface area contributed by atoms with E-state index in [0.29, 0.717) is 0 Å². The van der Waals surface area contributed by atoms with E-state index in [9.17, 15) is 23.1 Å². The number of sulfonamides is 1. The van der Waals surface area contributed by atoms with Crippen LogP contribution in [-0.4, -0.2) is 50.8 Å². The predicted molar refractivity (Wildman–Crippen MR) is 84.6 cm³/mol. The normalized spacial score (nSPS) is 15.2. The van der Waals surface area contributed by atoms with Gasteiger partial charge < -0.3 is 14.6 Å². The first-order valence-corrected chi connectivity index (χ1v) is 8.55. The average Bonchev–Trinajstić information content (AvgIpc) is 2.51. The number of hydrogen-bond donors (Lipinski definition) is 2. The molecule has 0 aromatic heterocycles. The zero-order valence-electron chi connectivity index (χ0n) is 13.9. The van der Waals surface area contributed by atoms with Gasteiger partial charge >= 0.3 is 11.9 Å². The maximum absolute atomic E-state index is 12.3. The van der Waals surface area contributed by atoms with E-state index in [0.717, 1.165) is 19.6 Å². The van der Waals surface area contributed by atoms with Crippen LogP contribution in [0.3, 0.4) is 0 Å². The Kier molecular flexibility index (Phi) is 6.47. The van der Waals surface area contributed by atoms with E-state index in [1.807, 2.05) is 0 Å². The lowest BCUT2D eigenvalue weighted by atomic mass is 9.98. The topological polar surface area (TPSA) is 119 Å². The molecule has 0 aliphatic rings. The second-order valence-electron chi connectivity index (χ2n) is 5.31. The van der Waals surface area contributed by atoms with Crippen LogP contribution in [0.2, 0.25) is 0 Å². The highest BCUT2D eigenvalue weighted by Crippen LogP contribution is 2.18. The zero-order valence-corrected chi connectivity index (χ0v) is 14.7. The van der Waals surface area contributed by atoms with Crippen molar-refractivity contribution in [3.63, 3.8) is 0 Å². The molecule has 0 fully saturated rings. The average molecular weight is 359 g/mol. The van der Waals surface area contributed by atoms with Gasteiger partial charge in [-0.25, -0.2) is 17.9 Å². The highest BCUT2D eigenvalue weighted by molar-refractivity contribution is 7.89. The summed E-state index contributed by atoms with van der Waals surface area (Å²) >= 11 is 0. The Morgan fingerprint density at radius 1 is 1.29 bits per heavy atom. The summed E-state index contributed by atoms with van der Waals surface area (Å²) in [6, 6.07) is 6.01. The van der Waals surface area contributed by atoms with Crippen molar-refractivity contribution < 1.29 is 32.6 Å². The molecule has 2 atom stereocenters. The van der Waals surface area contributed by atoms with Crippen LogP contribution in [0.25, 0.3) is 0 Å². The number of aliphatic hydroxyl groups is 1. The van der Waals surface area contributed by atoms with Crippen molar-refractivity contribution in [3.05, 3.63) is 29.8 Å². The van der Waals surface area contributed by atoms with Gasteiger partial charge in [0.15, 0.2) is 0 Å². The van der Waals surface area contributed by atoms with E-state index in [-0.39, 0.29) is 4.90 Å². The molecule has 0 radical (unpaired) electrons. The number of benzene rings is 1. The molecule has 0 heterocycles. The van der Waals surface area contributed by atoms with Crippen LogP contribution in [0.5, 0.6) is 0 Å². The third-order valence-corrected chi connectivity index (χ3v) is 4.83. The minimum Gasteiger partial charge on any atom is -0.467 e. The first kappa shape index (κ1) is 20.1. The van der Waals surface area contributed by atoms with E-state index in [4.69, 9.17) is 4.74 Å². The molecular formula is C15H21NO7S. The number of rotatable bonds is 7. The van der Waals surface area contributed by atoms with Crippen LogP contribution in [0, 0.1) is 6.92 Å². The molecule has 0 aliphatic carbocycles. The second kappa shape index (κ2) is 7.73. The molecule has 0 aliphatic heterocycles. The van der Waals surface area contributed by atoms with E-state index >= 15 is 0 Å². The molecule has 0 unspecified atom stereocenters. The molecule has 134 valence electrons. The largest absolute Gasteiger partial charge is 0.467 e. The molecule has 9 heteroatoms. The zero-order chi connectivity index (χ0) is 18.5. The van der Waals surface area contributed by atoms with E-state index in [1.165, 1.54) is 19.1 Å². The molecule has 2 N–H and O–H groups in total. The summed E-state index contributed by atoms with van der Waals surface area (Å²) in [4.78, 5) is 22.9. The van der Waals surface area contributed by atoms with Gasteiger partial charge in [0.2, 0.25) is 15.6 Å². The maximum Gasteiger partial charge on any atom is 0.343 e. The Labute approximate surface area is 140 Å². The third kappa shape index (κ3) is 4.76. The summed E-state index contributed by atoms with van der Waals surface area (Å²) < 4.78 is 36.0. The van der Waals surface area contributed by atoms with Gasteiger partial charge in [-0.05, 0) is 26.0 Å². The van der Waals surface area contributed by atoms with Crippen molar-refractivity contribution in [2.45, 2.75) is 37.4 Å². The number of hydrogen-bond acceptors (Lipinski definition) is 7. The standard InChI is InChI=1S/C15H21NO7S/c1-10-5-7-13(8-6-10)24(20,21)16-9-15(19,14(18)22-4)11(2)23-12(3)17/h5-8,11,16,19H,9H2,1-4H3/t11-,15+/m0/s1. The monoisotopic (exact) mass is 359 g/mol. The number of esters is 2. The fourth-order valence-electron chi connectivity index (χ4n) is 1.91.